The molecule has 116 valence electrons. The van der Waals surface area contributed by atoms with E-state index in [0.29, 0.717) is 25.2 Å². The van der Waals surface area contributed by atoms with E-state index >= 15 is 0 Å². The molecule has 1 fully saturated rings. The average Bonchev–Trinajstić information content (AvgIpc) is 2.50. The molecule has 0 radical (unpaired) electrons. The van der Waals surface area contributed by atoms with E-state index in [4.69, 9.17) is 14.6 Å². The van der Waals surface area contributed by atoms with Crippen LogP contribution in [-0.2, 0) is 17.8 Å². The summed E-state index contributed by atoms with van der Waals surface area (Å²) in [5.74, 6) is 0.432. The fourth-order valence-electron chi connectivity index (χ4n) is 2.56. The Balaban J connectivity index is 1.62. The molecule has 3 rings (SSSR count). The summed E-state index contributed by atoms with van der Waals surface area (Å²) in [7, 11) is 0. The van der Waals surface area contributed by atoms with E-state index in [0.717, 1.165) is 17.5 Å². The predicted octanol–water partition coefficient (Wildman–Crippen LogP) is 3.44. The summed E-state index contributed by atoms with van der Waals surface area (Å²) in [5.41, 5.74) is 1.91. The van der Waals surface area contributed by atoms with Crippen molar-refractivity contribution >= 4 is 0 Å². The molecule has 1 aliphatic heterocycles. The van der Waals surface area contributed by atoms with Crippen LogP contribution in [0.15, 0.2) is 48.5 Å². The highest BCUT2D eigenvalue weighted by Gasteiger charge is 2.27. The van der Waals surface area contributed by atoms with Crippen molar-refractivity contribution in [1.29, 1.82) is 0 Å². The van der Waals surface area contributed by atoms with Gasteiger partial charge in [0.15, 0.2) is 6.29 Å². The van der Waals surface area contributed by atoms with Crippen LogP contribution in [0.1, 0.15) is 24.0 Å². The summed E-state index contributed by atoms with van der Waals surface area (Å²) in [6.45, 7) is 0.456. The molecule has 0 amide bonds. The van der Waals surface area contributed by atoms with Crippen LogP contribution in [0.25, 0.3) is 0 Å². The molecule has 2 unspecified atom stereocenters. The lowest BCUT2D eigenvalue weighted by molar-refractivity contribution is -0.232. The lowest BCUT2D eigenvalue weighted by atomic mass is 10.0. The third-order valence-corrected chi connectivity index (χ3v) is 3.81. The Kier molecular flexibility index (Phi) is 4.71. The maximum absolute atomic E-state index is 13.5. The highest BCUT2D eigenvalue weighted by molar-refractivity contribution is 5.34. The molecule has 2 aromatic rings. The summed E-state index contributed by atoms with van der Waals surface area (Å²) in [6.07, 6.45) is 1.49. The minimum atomic E-state index is -0.633. The van der Waals surface area contributed by atoms with E-state index in [-0.39, 0.29) is 11.9 Å². The summed E-state index contributed by atoms with van der Waals surface area (Å²) in [6, 6.07) is 14.5. The smallest absolute Gasteiger partial charge is 0.157 e. The number of aliphatic hydroxyl groups is 1. The zero-order chi connectivity index (χ0) is 15.4. The van der Waals surface area contributed by atoms with Crippen LogP contribution in [0.3, 0.4) is 0 Å². The van der Waals surface area contributed by atoms with Gasteiger partial charge in [-0.2, -0.15) is 0 Å². The molecular weight excluding hydrogens is 283 g/mol. The number of hydrogen-bond acceptors (Lipinski definition) is 3. The third-order valence-electron chi connectivity index (χ3n) is 3.81. The van der Waals surface area contributed by atoms with Crippen LogP contribution in [-0.4, -0.2) is 17.5 Å². The van der Waals surface area contributed by atoms with Crippen LogP contribution >= 0.6 is 0 Å². The summed E-state index contributed by atoms with van der Waals surface area (Å²) in [5, 5.41) is 9.12. The van der Waals surface area contributed by atoms with E-state index in [1.807, 2.05) is 30.3 Å². The second-order valence-corrected chi connectivity index (χ2v) is 5.51. The standard InChI is InChI=1S/C18H19FO3/c19-15-7-9-17(21-12-13-4-2-1-3-5-13)14(10-15)6-8-16-11-18(20)22-16/h1-5,7,9-10,16,18,20H,6,8,11-12H2. The Labute approximate surface area is 129 Å². The van der Waals surface area contributed by atoms with Gasteiger partial charge in [-0.25, -0.2) is 4.39 Å². The van der Waals surface area contributed by atoms with Crippen molar-refractivity contribution in [3.05, 3.63) is 65.5 Å². The van der Waals surface area contributed by atoms with Crippen molar-refractivity contribution in [2.45, 2.75) is 38.3 Å². The first-order valence-corrected chi connectivity index (χ1v) is 7.49. The van der Waals surface area contributed by atoms with Crippen LogP contribution < -0.4 is 4.74 Å². The zero-order valence-corrected chi connectivity index (χ0v) is 12.2. The second-order valence-electron chi connectivity index (χ2n) is 5.51. The second kappa shape index (κ2) is 6.90. The third kappa shape index (κ3) is 3.84. The molecule has 2 atom stereocenters. The molecule has 0 aliphatic carbocycles. The summed E-state index contributed by atoms with van der Waals surface area (Å²) in [4.78, 5) is 0. The number of hydrogen-bond donors (Lipinski definition) is 1. The Morgan fingerprint density at radius 3 is 2.68 bits per heavy atom. The van der Waals surface area contributed by atoms with Crippen molar-refractivity contribution in [2.24, 2.45) is 0 Å². The molecule has 3 nitrogen and oxygen atoms in total. The van der Waals surface area contributed by atoms with Crippen molar-refractivity contribution < 1.29 is 19.0 Å². The quantitative estimate of drug-likeness (QED) is 0.888. The fraction of sp³-hybridized carbons (Fsp3) is 0.333. The van der Waals surface area contributed by atoms with E-state index in [9.17, 15) is 4.39 Å². The summed E-state index contributed by atoms with van der Waals surface area (Å²) >= 11 is 0. The van der Waals surface area contributed by atoms with Crippen molar-refractivity contribution in [3.8, 4) is 5.75 Å². The molecular formula is C18H19FO3. The number of aryl methyl sites for hydroxylation is 1. The van der Waals surface area contributed by atoms with Gasteiger partial charge in [0.05, 0.1) is 6.10 Å². The van der Waals surface area contributed by atoms with Crippen molar-refractivity contribution in [1.82, 2.24) is 0 Å². The lowest BCUT2D eigenvalue weighted by Crippen LogP contribution is -2.37. The maximum Gasteiger partial charge on any atom is 0.157 e. The van der Waals surface area contributed by atoms with Crippen LogP contribution in [0, 0.1) is 5.82 Å². The highest BCUT2D eigenvalue weighted by atomic mass is 19.1. The average molecular weight is 302 g/mol. The molecule has 1 N–H and O–H groups in total. The molecule has 1 heterocycles. The first-order valence-electron chi connectivity index (χ1n) is 7.49. The van der Waals surface area contributed by atoms with Crippen LogP contribution in [0.2, 0.25) is 0 Å². The molecule has 0 spiro atoms. The van der Waals surface area contributed by atoms with Gasteiger partial charge in [0.2, 0.25) is 0 Å². The molecule has 0 bridgehead atoms. The molecule has 1 saturated heterocycles. The number of benzene rings is 2. The van der Waals surface area contributed by atoms with Crippen LogP contribution in [0.4, 0.5) is 4.39 Å². The molecule has 2 aromatic carbocycles. The highest BCUT2D eigenvalue weighted by Crippen LogP contribution is 2.27. The van der Waals surface area contributed by atoms with Gasteiger partial charge in [0, 0.05) is 6.42 Å². The van der Waals surface area contributed by atoms with E-state index < -0.39 is 6.29 Å². The monoisotopic (exact) mass is 302 g/mol. The predicted molar refractivity (Wildman–Crippen MR) is 81.0 cm³/mol. The largest absolute Gasteiger partial charge is 0.489 e. The van der Waals surface area contributed by atoms with Gasteiger partial charge in [-0.3, -0.25) is 0 Å². The normalized spacial score (nSPS) is 20.5. The number of ether oxygens (including phenoxy) is 2. The van der Waals surface area contributed by atoms with E-state index in [1.165, 1.54) is 12.1 Å². The van der Waals surface area contributed by atoms with E-state index in [2.05, 4.69) is 0 Å². The van der Waals surface area contributed by atoms with Gasteiger partial charge < -0.3 is 14.6 Å². The van der Waals surface area contributed by atoms with Gasteiger partial charge >= 0.3 is 0 Å². The molecule has 22 heavy (non-hydrogen) atoms. The topological polar surface area (TPSA) is 38.7 Å². The minimum Gasteiger partial charge on any atom is -0.489 e. The Morgan fingerprint density at radius 2 is 1.95 bits per heavy atom. The Morgan fingerprint density at radius 1 is 1.18 bits per heavy atom. The van der Waals surface area contributed by atoms with E-state index in [1.54, 1.807) is 6.07 Å². The Bertz CT molecular complexity index is 609. The molecule has 0 saturated carbocycles. The van der Waals surface area contributed by atoms with Gasteiger partial charge in [-0.05, 0) is 42.2 Å². The first kappa shape index (κ1) is 15.0. The van der Waals surface area contributed by atoms with Crippen molar-refractivity contribution in [3.63, 3.8) is 0 Å². The van der Waals surface area contributed by atoms with Crippen LogP contribution in [0.5, 0.6) is 5.75 Å². The van der Waals surface area contributed by atoms with Gasteiger partial charge in [0.1, 0.15) is 18.2 Å². The zero-order valence-electron chi connectivity index (χ0n) is 12.2. The van der Waals surface area contributed by atoms with Gasteiger partial charge in [0.25, 0.3) is 0 Å². The van der Waals surface area contributed by atoms with Gasteiger partial charge in [-0.1, -0.05) is 30.3 Å². The maximum atomic E-state index is 13.5. The number of rotatable bonds is 6. The summed E-state index contributed by atoms with van der Waals surface area (Å²) < 4.78 is 24.5. The fourth-order valence-corrected chi connectivity index (χ4v) is 2.56. The SMILES string of the molecule is OC1CC(CCc2cc(F)ccc2OCc2ccccc2)O1. The Hall–Kier alpha value is -1.91. The van der Waals surface area contributed by atoms with Gasteiger partial charge in [-0.15, -0.1) is 0 Å². The lowest BCUT2D eigenvalue weighted by Gasteiger charge is -2.32. The minimum absolute atomic E-state index is 0.0558. The molecule has 4 heteroatoms. The van der Waals surface area contributed by atoms with Crippen molar-refractivity contribution in [2.75, 3.05) is 0 Å². The number of aliphatic hydroxyl groups excluding tert-OH is 1. The number of halogens is 1. The molecule has 0 aromatic heterocycles. The first-order chi connectivity index (χ1) is 10.7. The molecule has 1 aliphatic rings.